The van der Waals surface area contributed by atoms with Crippen molar-refractivity contribution in [1.82, 2.24) is 9.62 Å². The average molecular weight is 398 g/mol. The van der Waals surface area contributed by atoms with Gasteiger partial charge in [-0.2, -0.15) is 0 Å². The molecule has 1 atom stereocenters. The Morgan fingerprint density at radius 2 is 1.96 bits per heavy atom. The van der Waals surface area contributed by atoms with Crippen molar-refractivity contribution in [3.63, 3.8) is 0 Å². The molecule has 0 aliphatic carbocycles. The maximum absolute atomic E-state index is 12.6. The largest absolute Gasteiger partial charge is 0.325 e. The first-order valence-electron chi connectivity index (χ1n) is 9.25. The molecule has 2 heterocycles. The molecule has 6 nitrogen and oxygen atoms in total. The van der Waals surface area contributed by atoms with Crippen molar-refractivity contribution in [2.75, 3.05) is 37.2 Å². The van der Waals surface area contributed by atoms with Crippen molar-refractivity contribution in [2.45, 2.75) is 42.4 Å². The van der Waals surface area contributed by atoms with Crippen molar-refractivity contribution in [1.29, 1.82) is 0 Å². The summed E-state index contributed by atoms with van der Waals surface area (Å²) in [5.74, 6) is 0.526. The Bertz CT molecular complexity index is 744. The summed E-state index contributed by atoms with van der Waals surface area (Å²) in [7, 11) is -3.58. The van der Waals surface area contributed by atoms with Crippen molar-refractivity contribution in [2.24, 2.45) is 5.92 Å². The molecule has 0 bridgehead atoms. The number of amides is 1. The fourth-order valence-corrected chi connectivity index (χ4v) is 5.28. The monoisotopic (exact) mass is 397 g/mol. The highest BCUT2D eigenvalue weighted by Gasteiger charge is 2.23. The molecule has 1 fully saturated rings. The number of nitrogens with zero attached hydrogens (tertiary/aromatic N) is 1. The van der Waals surface area contributed by atoms with Gasteiger partial charge in [-0.1, -0.05) is 19.8 Å². The van der Waals surface area contributed by atoms with Gasteiger partial charge in [-0.3, -0.25) is 4.79 Å². The Hall–Kier alpha value is -1.09. The molecule has 8 heteroatoms. The van der Waals surface area contributed by atoms with E-state index in [1.165, 1.54) is 25.7 Å². The average Bonchev–Trinajstić information content (AvgIpc) is 2.95. The zero-order valence-corrected chi connectivity index (χ0v) is 16.8. The summed E-state index contributed by atoms with van der Waals surface area (Å²) in [6.07, 6.45) is 4.90. The molecular weight excluding hydrogens is 370 g/mol. The third kappa shape index (κ3) is 5.00. The molecule has 26 heavy (non-hydrogen) atoms. The Labute approximate surface area is 160 Å². The van der Waals surface area contributed by atoms with Crippen LogP contribution in [-0.4, -0.2) is 51.2 Å². The molecule has 2 N–H and O–H groups in total. The highest BCUT2D eigenvalue weighted by Crippen LogP contribution is 2.34. The zero-order valence-electron chi connectivity index (χ0n) is 15.2. The molecule has 0 aromatic heterocycles. The van der Waals surface area contributed by atoms with Gasteiger partial charge in [0, 0.05) is 29.7 Å². The smallest absolute Gasteiger partial charge is 0.240 e. The molecule has 0 spiro atoms. The Balaban J connectivity index is 1.64. The van der Waals surface area contributed by atoms with Crippen LogP contribution in [0.4, 0.5) is 5.69 Å². The highest BCUT2D eigenvalue weighted by molar-refractivity contribution is 7.99. The highest BCUT2D eigenvalue weighted by atomic mass is 32.2. The van der Waals surface area contributed by atoms with Gasteiger partial charge in [0.2, 0.25) is 15.9 Å². The van der Waals surface area contributed by atoms with Crippen molar-refractivity contribution in [3.8, 4) is 0 Å². The van der Waals surface area contributed by atoms with E-state index in [-0.39, 0.29) is 16.7 Å². The van der Waals surface area contributed by atoms with E-state index in [4.69, 9.17) is 0 Å². The molecule has 1 amide bonds. The number of hydrogen-bond donors (Lipinski definition) is 2. The number of nitrogens with one attached hydrogen (secondary N) is 2. The van der Waals surface area contributed by atoms with Crippen LogP contribution in [0.3, 0.4) is 0 Å². The zero-order chi connectivity index (χ0) is 18.6. The van der Waals surface area contributed by atoms with Gasteiger partial charge in [-0.05, 0) is 44.1 Å². The van der Waals surface area contributed by atoms with Gasteiger partial charge in [0.25, 0.3) is 0 Å². The lowest BCUT2D eigenvalue weighted by Crippen LogP contribution is -2.35. The van der Waals surface area contributed by atoms with Crippen LogP contribution in [0.15, 0.2) is 28.0 Å². The maximum Gasteiger partial charge on any atom is 0.240 e. The first-order chi connectivity index (χ1) is 12.5. The molecule has 1 aromatic rings. The van der Waals surface area contributed by atoms with E-state index in [0.717, 1.165) is 24.5 Å². The van der Waals surface area contributed by atoms with Crippen LogP contribution in [0.2, 0.25) is 0 Å². The number of carbonyl (C=O) groups is 1. The number of carbonyl (C=O) groups excluding carboxylic acids is 1. The van der Waals surface area contributed by atoms with Gasteiger partial charge in [0.15, 0.2) is 0 Å². The quantitative estimate of drug-likeness (QED) is 0.798. The van der Waals surface area contributed by atoms with E-state index < -0.39 is 10.0 Å². The minimum absolute atomic E-state index is 0.0695. The predicted molar refractivity (Wildman–Crippen MR) is 105 cm³/mol. The fraction of sp³-hybridized carbons (Fsp3) is 0.611. The molecule has 1 saturated heterocycles. The summed E-state index contributed by atoms with van der Waals surface area (Å²) in [6.45, 7) is 5.09. The van der Waals surface area contributed by atoms with E-state index in [1.807, 2.05) is 6.92 Å². The van der Waals surface area contributed by atoms with Crippen molar-refractivity contribution < 1.29 is 13.2 Å². The van der Waals surface area contributed by atoms with Gasteiger partial charge < -0.3 is 10.2 Å². The summed E-state index contributed by atoms with van der Waals surface area (Å²) in [5, 5.41) is 2.84. The summed E-state index contributed by atoms with van der Waals surface area (Å²) in [4.78, 5) is 15.4. The lowest BCUT2D eigenvalue weighted by Gasteiger charge is -2.19. The van der Waals surface area contributed by atoms with Crippen LogP contribution in [0.1, 0.15) is 32.6 Å². The number of benzene rings is 1. The number of thioether (sulfide) groups is 1. The summed E-state index contributed by atoms with van der Waals surface area (Å²) >= 11 is 1.57. The van der Waals surface area contributed by atoms with Crippen LogP contribution in [0, 0.1) is 5.92 Å². The van der Waals surface area contributed by atoms with Crippen LogP contribution < -0.4 is 10.0 Å². The van der Waals surface area contributed by atoms with Gasteiger partial charge in [0.1, 0.15) is 0 Å². The molecule has 1 unspecified atom stereocenters. The second kappa shape index (κ2) is 8.73. The molecule has 2 aliphatic rings. The summed E-state index contributed by atoms with van der Waals surface area (Å²) in [6, 6.07) is 4.95. The van der Waals surface area contributed by atoms with Gasteiger partial charge in [0.05, 0.1) is 10.6 Å². The Kier molecular flexibility index (Phi) is 6.60. The molecule has 144 valence electrons. The standard InChI is InChI=1S/C18H27N3O3S2/c1-14-13-25-17-7-6-15(12-16(17)20-18(14)22)26(23,24)19-8-11-21-9-4-2-3-5-10-21/h6-7,12,14,19H,2-5,8-11,13H2,1H3,(H,20,22). The van der Waals surface area contributed by atoms with Crippen LogP contribution in [0.5, 0.6) is 0 Å². The van der Waals surface area contributed by atoms with Crippen LogP contribution in [0.25, 0.3) is 0 Å². The minimum atomic E-state index is -3.58. The predicted octanol–water partition coefficient (Wildman–Crippen LogP) is 2.52. The molecule has 0 saturated carbocycles. The topological polar surface area (TPSA) is 78.5 Å². The number of likely N-dealkylation sites (tertiary alicyclic amines) is 1. The maximum atomic E-state index is 12.6. The fourth-order valence-electron chi connectivity index (χ4n) is 3.23. The van der Waals surface area contributed by atoms with Gasteiger partial charge in [-0.15, -0.1) is 11.8 Å². The third-order valence-corrected chi connectivity index (χ3v) is 7.67. The Morgan fingerprint density at radius 1 is 1.23 bits per heavy atom. The van der Waals surface area contributed by atoms with Crippen LogP contribution in [-0.2, 0) is 14.8 Å². The summed E-state index contributed by atoms with van der Waals surface area (Å²) in [5.41, 5.74) is 0.583. The number of anilines is 1. The minimum Gasteiger partial charge on any atom is -0.325 e. The molecule has 0 radical (unpaired) electrons. The van der Waals surface area contributed by atoms with E-state index >= 15 is 0 Å². The van der Waals surface area contributed by atoms with Crippen molar-refractivity contribution in [3.05, 3.63) is 18.2 Å². The van der Waals surface area contributed by atoms with E-state index in [9.17, 15) is 13.2 Å². The van der Waals surface area contributed by atoms with Crippen LogP contribution >= 0.6 is 11.8 Å². The summed E-state index contributed by atoms with van der Waals surface area (Å²) < 4.78 is 27.9. The Morgan fingerprint density at radius 3 is 2.69 bits per heavy atom. The second-order valence-electron chi connectivity index (χ2n) is 7.01. The van der Waals surface area contributed by atoms with E-state index in [2.05, 4.69) is 14.9 Å². The van der Waals surface area contributed by atoms with Crippen molar-refractivity contribution >= 4 is 33.4 Å². The first-order valence-corrected chi connectivity index (χ1v) is 11.7. The number of hydrogen-bond acceptors (Lipinski definition) is 5. The lowest BCUT2D eigenvalue weighted by atomic mass is 10.2. The molecular formula is C18H27N3O3S2. The molecule has 3 rings (SSSR count). The number of rotatable bonds is 5. The second-order valence-corrected chi connectivity index (χ2v) is 9.84. The molecule has 2 aliphatic heterocycles. The number of sulfonamides is 1. The van der Waals surface area contributed by atoms with E-state index in [0.29, 0.717) is 18.0 Å². The molecule has 1 aromatic carbocycles. The van der Waals surface area contributed by atoms with Gasteiger partial charge in [-0.25, -0.2) is 13.1 Å². The third-order valence-electron chi connectivity index (χ3n) is 4.87. The normalized spacial score (nSPS) is 22.2. The first kappa shape index (κ1) is 19.7. The number of fused-ring (bicyclic) bond motifs is 1. The lowest BCUT2D eigenvalue weighted by molar-refractivity contribution is -0.118. The van der Waals surface area contributed by atoms with Gasteiger partial charge >= 0.3 is 0 Å². The SMILES string of the molecule is CC1CSc2ccc(S(=O)(=O)NCCN3CCCCCC3)cc2NC1=O. The van der Waals surface area contributed by atoms with E-state index in [1.54, 1.807) is 30.0 Å².